The van der Waals surface area contributed by atoms with Crippen LogP contribution in [0.4, 0.5) is 0 Å². The Morgan fingerprint density at radius 1 is 0.625 bits per heavy atom. The van der Waals surface area contributed by atoms with Crippen molar-refractivity contribution in [2.45, 2.75) is 149 Å². The highest BCUT2D eigenvalue weighted by Crippen LogP contribution is 2.45. The zero-order valence-electron chi connectivity index (χ0n) is 24.7. The first kappa shape index (κ1) is 30.6. The van der Waals surface area contributed by atoms with Crippen LogP contribution in [-0.4, -0.2) is 43.8 Å². The Hall–Kier alpha value is 0.531. The van der Waals surface area contributed by atoms with Crippen LogP contribution in [0.5, 0.6) is 0 Å². The van der Waals surface area contributed by atoms with Crippen molar-refractivity contribution in [3.8, 4) is 0 Å². The Bertz CT molecular complexity index is 609. The van der Waals surface area contributed by atoms with E-state index in [1.165, 1.54) is 0 Å². The maximum absolute atomic E-state index is 7.05. The standard InChI is InChI=1S/C26H58O3Si3/c1-20-21(19-27-30(11,12)24(2,3)4)17-22(28-31(13,14)25(5,6)7)18-23(20)29-32(15,16)26(8,9)10/h20-23H,17-19H2,1-16H3. The van der Waals surface area contributed by atoms with E-state index in [1.54, 1.807) is 0 Å². The highest BCUT2D eigenvalue weighted by molar-refractivity contribution is 6.75. The molecule has 0 aromatic heterocycles. The smallest absolute Gasteiger partial charge is 0.192 e. The van der Waals surface area contributed by atoms with Crippen LogP contribution in [0.1, 0.15) is 82.1 Å². The Labute approximate surface area is 205 Å². The van der Waals surface area contributed by atoms with E-state index in [9.17, 15) is 0 Å². The molecule has 0 amide bonds. The van der Waals surface area contributed by atoms with Crippen molar-refractivity contribution in [3.63, 3.8) is 0 Å². The van der Waals surface area contributed by atoms with Crippen LogP contribution in [0.15, 0.2) is 0 Å². The maximum Gasteiger partial charge on any atom is 0.192 e. The van der Waals surface area contributed by atoms with Crippen molar-refractivity contribution in [1.82, 2.24) is 0 Å². The summed E-state index contributed by atoms with van der Waals surface area (Å²) in [6.45, 7) is 38.6. The van der Waals surface area contributed by atoms with E-state index in [2.05, 4.69) is 109 Å². The van der Waals surface area contributed by atoms with E-state index in [-0.39, 0.29) is 27.3 Å². The summed E-state index contributed by atoms with van der Waals surface area (Å²) in [5.74, 6) is 0.982. The molecular formula is C26H58O3Si3. The fourth-order valence-corrected chi connectivity index (χ4v) is 7.44. The average molecular weight is 503 g/mol. The van der Waals surface area contributed by atoms with Crippen molar-refractivity contribution < 1.29 is 13.3 Å². The van der Waals surface area contributed by atoms with Crippen molar-refractivity contribution in [1.29, 1.82) is 0 Å². The van der Waals surface area contributed by atoms with Crippen molar-refractivity contribution in [2.24, 2.45) is 11.8 Å². The zero-order valence-corrected chi connectivity index (χ0v) is 27.7. The van der Waals surface area contributed by atoms with E-state index in [0.717, 1.165) is 19.4 Å². The van der Waals surface area contributed by atoms with Gasteiger partial charge in [-0.3, -0.25) is 0 Å². The lowest BCUT2D eigenvalue weighted by Crippen LogP contribution is -2.53. The normalized spacial score (nSPS) is 27.0. The molecule has 1 aliphatic rings. The Kier molecular flexibility index (Phi) is 9.44. The van der Waals surface area contributed by atoms with Crippen LogP contribution in [0.3, 0.4) is 0 Å². The van der Waals surface area contributed by atoms with E-state index >= 15 is 0 Å². The van der Waals surface area contributed by atoms with Crippen molar-refractivity contribution in [3.05, 3.63) is 0 Å². The zero-order chi connectivity index (χ0) is 25.6. The molecule has 1 saturated carbocycles. The van der Waals surface area contributed by atoms with E-state index < -0.39 is 25.0 Å². The quantitative estimate of drug-likeness (QED) is 0.325. The minimum atomic E-state index is -1.85. The van der Waals surface area contributed by atoms with Gasteiger partial charge in [0.15, 0.2) is 25.0 Å². The fraction of sp³-hybridized carbons (Fsp3) is 1.00. The monoisotopic (exact) mass is 502 g/mol. The minimum absolute atomic E-state index is 0.215. The molecule has 3 nitrogen and oxygen atoms in total. The van der Waals surface area contributed by atoms with Gasteiger partial charge in [-0.05, 0) is 79.1 Å². The summed E-state index contributed by atoms with van der Waals surface area (Å²) in [6.07, 6.45) is 2.65. The third-order valence-electron chi connectivity index (χ3n) is 9.37. The van der Waals surface area contributed by atoms with Gasteiger partial charge in [0.2, 0.25) is 0 Å². The summed E-state index contributed by atoms with van der Waals surface area (Å²) in [4.78, 5) is 0. The number of hydrogen-bond donors (Lipinski definition) is 0. The Balaban J connectivity index is 3.15. The highest BCUT2D eigenvalue weighted by Gasteiger charge is 2.47. The minimum Gasteiger partial charge on any atom is -0.417 e. The van der Waals surface area contributed by atoms with Gasteiger partial charge in [0.25, 0.3) is 0 Å². The Morgan fingerprint density at radius 2 is 1.03 bits per heavy atom. The van der Waals surface area contributed by atoms with Gasteiger partial charge in [-0.2, -0.15) is 0 Å². The van der Waals surface area contributed by atoms with Gasteiger partial charge in [0.05, 0.1) is 6.10 Å². The molecule has 1 fully saturated rings. The molecule has 6 heteroatoms. The van der Waals surface area contributed by atoms with Gasteiger partial charge in [-0.1, -0.05) is 69.2 Å². The van der Waals surface area contributed by atoms with E-state index in [0.29, 0.717) is 11.8 Å². The second-order valence-electron chi connectivity index (χ2n) is 15.1. The number of hydrogen-bond acceptors (Lipinski definition) is 3. The molecule has 0 bridgehead atoms. The van der Waals surface area contributed by atoms with Crippen LogP contribution in [0, 0.1) is 11.8 Å². The van der Waals surface area contributed by atoms with Crippen molar-refractivity contribution >= 4 is 25.0 Å². The van der Waals surface area contributed by atoms with Gasteiger partial charge < -0.3 is 13.3 Å². The van der Waals surface area contributed by atoms with Crippen LogP contribution in [0.25, 0.3) is 0 Å². The first-order valence-corrected chi connectivity index (χ1v) is 21.6. The van der Waals surface area contributed by atoms with Gasteiger partial charge in [-0.25, -0.2) is 0 Å². The molecule has 0 heterocycles. The molecule has 192 valence electrons. The van der Waals surface area contributed by atoms with Crippen LogP contribution >= 0.6 is 0 Å². The summed E-state index contributed by atoms with van der Waals surface area (Å²) in [6, 6.07) is 0. The predicted molar refractivity (Wildman–Crippen MR) is 149 cm³/mol. The van der Waals surface area contributed by atoms with E-state index in [1.807, 2.05) is 0 Å². The second-order valence-corrected chi connectivity index (χ2v) is 29.4. The first-order valence-electron chi connectivity index (χ1n) is 12.9. The molecule has 32 heavy (non-hydrogen) atoms. The fourth-order valence-electron chi connectivity index (χ4n) is 3.58. The molecule has 0 N–H and O–H groups in total. The van der Waals surface area contributed by atoms with Gasteiger partial charge in [-0.15, -0.1) is 0 Å². The molecule has 1 rings (SSSR count). The number of rotatable bonds is 7. The third-order valence-corrected chi connectivity index (χ3v) is 22.9. The third kappa shape index (κ3) is 7.51. The summed E-state index contributed by atoms with van der Waals surface area (Å²) >= 11 is 0. The summed E-state index contributed by atoms with van der Waals surface area (Å²) < 4.78 is 20.8. The van der Waals surface area contributed by atoms with Crippen LogP contribution < -0.4 is 0 Å². The topological polar surface area (TPSA) is 27.7 Å². The lowest BCUT2D eigenvalue weighted by atomic mass is 9.77. The average Bonchev–Trinajstić information content (AvgIpc) is 2.52. The maximum atomic E-state index is 7.05. The molecule has 0 aliphatic heterocycles. The lowest BCUT2D eigenvalue weighted by molar-refractivity contribution is -0.0271. The van der Waals surface area contributed by atoms with Gasteiger partial charge in [0.1, 0.15) is 0 Å². The summed E-state index contributed by atoms with van der Waals surface area (Å²) in [7, 11) is -5.47. The molecule has 0 radical (unpaired) electrons. The molecule has 1 aliphatic carbocycles. The first-order chi connectivity index (χ1) is 13.9. The lowest BCUT2D eigenvalue weighted by Gasteiger charge is -2.49. The second kappa shape index (κ2) is 9.88. The largest absolute Gasteiger partial charge is 0.417 e. The van der Waals surface area contributed by atoms with Crippen LogP contribution in [-0.2, 0) is 13.3 Å². The molecular weight excluding hydrogens is 445 g/mol. The molecule has 4 unspecified atom stereocenters. The van der Waals surface area contributed by atoms with Gasteiger partial charge in [0, 0.05) is 12.7 Å². The SMILES string of the molecule is CC1C(CO[Si](C)(C)C(C)(C)C)CC(O[Si](C)(C)C(C)(C)C)CC1O[Si](C)(C)C(C)(C)C. The molecule has 0 aromatic rings. The summed E-state index contributed by atoms with van der Waals surface area (Å²) in [5, 5.41) is 0.672. The molecule has 0 saturated heterocycles. The molecule has 0 spiro atoms. The summed E-state index contributed by atoms with van der Waals surface area (Å²) in [5.41, 5.74) is 0. The highest BCUT2D eigenvalue weighted by atomic mass is 28.4. The molecule has 4 atom stereocenters. The van der Waals surface area contributed by atoms with Crippen molar-refractivity contribution in [2.75, 3.05) is 6.61 Å². The Morgan fingerprint density at radius 3 is 1.44 bits per heavy atom. The van der Waals surface area contributed by atoms with Gasteiger partial charge >= 0.3 is 0 Å². The molecule has 0 aromatic carbocycles. The van der Waals surface area contributed by atoms with E-state index in [4.69, 9.17) is 13.3 Å². The predicted octanol–water partition coefficient (Wildman–Crippen LogP) is 8.84. The van der Waals surface area contributed by atoms with Crippen LogP contribution in [0.2, 0.25) is 54.4 Å².